The molecule has 3 aromatic carbocycles. The topological polar surface area (TPSA) is 90.0 Å². The summed E-state index contributed by atoms with van der Waals surface area (Å²) >= 11 is 0. The van der Waals surface area contributed by atoms with Gasteiger partial charge in [-0.15, -0.1) is 0 Å². The molecular formula is C26H28N4O4S. The molecule has 3 amide bonds. The van der Waals surface area contributed by atoms with Crippen molar-refractivity contribution >= 4 is 38.4 Å². The minimum absolute atomic E-state index is 0.0565. The van der Waals surface area contributed by atoms with E-state index in [1.165, 1.54) is 22.9 Å². The van der Waals surface area contributed by atoms with Crippen molar-refractivity contribution in [1.29, 1.82) is 0 Å². The van der Waals surface area contributed by atoms with Crippen LogP contribution in [0, 0.1) is 13.8 Å². The Balaban J connectivity index is 1.29. The molecule has 2 aliphatic rings. The van der Waals surface area contributed by atoms with Crippen molar-refractivity contribution in [3.63, 3.8) is 0 Å². The Morgan fingerprint density at radius 3 is 2.43 bits per heavy atom. The smallest absolute Gasteiger partial charge is 0.332 e. The number of carbonyl (C=O) groups excluding carboxylic acids is 2. The van der Waals surface area contributed by atoms with Crippen LogP contribution in [0.3, 0.4) is 0 Å². The summed E-state index contributed by atoms with van der Waals surface area (Å²) in [6.45, 7) is 6.28. The summed E-state index contributed by atoms with van der Waals surface area (Å²) in [6, 6.07) is 16.8. The predicted octanol–water partition coefficient (Wildman–Crippen LogP) is 2.89. The Morgan fingerprint density at radius 1 is 0.943 bits per heavy atom. The van der Waals surface area contributed by atoms with E-state index in [-0.39, 0.29) is 17.3 Å². The van der Waals surface area contributed by atoms with E-state index in [4.69, 9.17) is 0 Å². The van der Waals surface area contributed by atoms with Gasteiger partial charge in [-0.2, -0.15) is 0 Å². The number of carbonyl (C=O) groups is 2. The van der Waals surface area contributed by atoms with Crippen LogP contribution in [-0.4, -0.2) is 68.3 Å². The van der Waals surface area contributed by atoms with Gasteiger partial charge in [0, 0.05) is 37.3 Å². The Bertz CT molecular complexity index is 1410. The molecule has 0 aliphatic carbocycles. The lowest BCUT2D eigenvalue weighted by atomic mass is 10.1. The zero-order valence-electron chi connectivity index (χ0n) is 19.8. The molecule has 5 rings (SSSR count). The first kappa shape index (κ1) is 23.2. The molecule has 8 nitrogen and oxygen atoms in total. The zero-order valence-corrected chi connectivity index (χ0v) is 20.6. The van der Waals surface area contributed by atoms with Gasteiger partial charge in [0.05, 0.1) is 11.4 Å². The fraction of sp³-hybridized carbons (Fsp3) is 0.308. The Labute approximate surface area is 205 Å². The van der Waals surface area contributed by atoms with Crippen molar-refractivity contribution in [2.45, 2.75) is 24.8 Å². The van der Waals surface area contributed by atoms with E-state index in [0.717, 1.165) is 9.69 Å². The summed E-state index contributed by atoms with van der Waals surface area (Å²) in [5.41, 5.74) is 3.54. The van der Waals surface area contributed by atoms with Gasteiger partial charge in [-0.05, 0) is 42.5 Å². The first-order chi connectivity index (χ1) is 16.8. The van der Waals surface area contributed by atoms with Crippen molar-refractivity contribution in [3.8, 4) is 0 Å². The van der Waals surface area contributed by atoms with Gasteiger partial charge in [0.1, 0.15) is 6.04 Å². The van der Waals surface area contributed by atoms with Crippen LogP contribution in [0.15, 0.2) is 65.6 Å². The number of amides is 3. The highest BCUT2D eigenvalue weighted by atomic mass is 32.2. The van der Waals surface area contributed by atoms with E-state index in [2.05, 4.69) is 42.3 Å². The molecule has 182 valence electrons. The van der Waals surface area contributed by atoms with Crippen molar-refractivity contribution in [2.75, 3.05) is 37.6 Å². The molecule has 0 bridgehead atoms. The summed E-state index contributed by atoms with van der Waals surface area (Å²) in [5.74, 6) is -0.255. The highest BCUT2D eigenvalue weighted by molar-refractivity contribution is 7.90. The fourth-order valence-electron chi connectivity index (χ4n) is 4.85. The second kappa shape index (κ2) is 8.88. The van der Waals surface area contributed by atoms with Crippen LogP contribution >= 0.6 is 0 Å². The van der Waals surface area contributed by atoms with Gasteiger partial charge in [-0.25, -0.2) is 17.5 Å². The van der Waals surface area contributed by atoms with Crippen LogP contribution < -0.4 is 10.2 Å². The standard InChI is InChI=1S/C26H28N4O4S/c1-18-10-11-19(2)23(16-18)28-12-14-29(15-13-28)25(31)22-17-30(26(32)27-22)35(33,34)24-9-5-7-20-6-3-4-8-21(20)24/h3-11,16,22H,12-15,17H2,1-2H3,(H,27,32). The van der Waals surface area contributed by atoms with Crippen molar-refractivity contribution < 1.29 is 18.0 Å². The second-order valence-corrected chi connectivity index (χ2v) is 10.9. The average molecular weight is 493 g/mol. The molecule has 1 atom stereocenters. The minimum atomic E-state index is -4.12. The summed E-state index contributed by atoms with van der Waals surface area (Å²) in [4.78, 5) is 29.9. The molecule has 0 aromatic heterocycles. The molecule has 0 saturated carbocycles. The normalized spacial score (nSPS) is 18.7. The number of benzene rings is 3. The Morgan fingerprint density at radius 2 is 1.66 bits per heavy atom. The van der Waals surface area contributed by atoms with Gasteiger partial charge in [0.15, 0.2) is 0 Å². The van der Waals surface area contributed by atoms with E-state index in [9.17, 15) is 18.0 Å². The number of fused-ring (bicyclic) bond motifs is 1. The van der Waals surface area contributed by atoms with Crippen LogP contribution in [0.2, 0.25) is 0 Å². The van der Waals surface area contributed by atoms with E-state index >= 15 is 0 Å². The van der Waals surface area contributed by atoms with Crippen molar-refractivity contribution in [1.82, 2.24) is 14.5 Å². The lowest BCUT2D eigenvalue weighted by Crippen LogP contribution is -2.54. The number of anilines is 1. The average Bonchev–Trinajstić information content (AvgIpc) is 3.27. The van der Waals surface area contributed by atoms with E-state index in [0.29, 0.717) is 31.6 Å². The molecule has 9 heteroatoms. The molecule has 1 N–H and O–H groups in total. The molecule has 0 spiro atoms. The quantitative estimate of drug-likeness (QED) is 0.605. The number of rotatable bonds is 4. The molecular weight excluding hydrogens is 464 g/mol. The van der Waals surface area contributed by atoms with Gasteiger partial charge < -0.3 is 15.1 Å². The van der Waals surface area contributed by atoms with Gasteiger partial charge in [0.2, 0.25) is 5.91 Å². The molecule has 2 saturated heterocycles. The maximum absolute atomic E-state index is 13.4. The SMILES string of the molecule is Cc1ccc(C)c(N2CCN(C(=O)C3CN(S(=O)(=O)c4cccc5ccccc45)C(=O)N3)CC2)c1. The monoisotopic (exact) mass is 492 g/mol. The van der Waals surface area contributed by atoms with Crippen LogP contribution in [0.25, 0.3) is 10.8 Å². The Kier molecular flexibility index (Phi) is 5.88. The lowest BCUT2D eigenvalue weighted by Gasteiger charge is -2.37. The van der Waals surface area contributed by atoms with E-state index < -0.39 is 22.1 Å². The summed E-state index contributed by atoms with van der Waals surface area (Å²) in [7, 11) is -4.12. The molecule has 2 fully saturated rings. The zero-order chi connectivity index (χ0) is 24.7. The van der Waals surface area contributed by atoms with E-state index in [1.807, 2.05) is 18.2 Å². The number of aryl methyl sites for hydroxylation is 2. The largest absolute Gasteiger partial charge is 0.368 e. The third-order valence-electron chi connectivity index (χ3n) is 6.79. The van der Waals surface area contributed by atoms with Gasteiger partial charge in [0.25, 0.3) is 10.0 Å². The summed E-state index contributed by atoms with van der Waals surface area (Å²) in [5, 5.41) is 3.90. The highest BCUT2D eigenvalue weighted by Crippen LogP contribution is 2.28. The van der Waals surface area contributed by atoms with Crippen molar-refractivity contribution in [3.05, 3.63) is 71.8 Å². The van der Waals surface area contributed by atoms with Crippen LogP contribution in [0.1, 0.15) is 11.1 Å². The summed E-state index contributed by atoms with van der Waals surface area (Å²) in [6.07, 6.45) is 0. The van der Waals surface area contributed by atoms with Gasteiger partial charge >= 0.3 is 6.03 Å². The third kappa shape index (κ3) is 4.20. The maximum Gasteiger partial charge on any atom is 0.332 e. The Hall–Kier alpha value is -3.59. The summed E-state index contributed by atoms with van der Waals surface area (Å²) < 4.78 is 27.6. The minimum Gasteiger partial charge on any atom is -0.368 e. The van der Waals surface area contributed by atoms with Crippen LogP contribution in [0.5, 0.6) is 0 Å². The molecule has 1 unspecified atom stereocenters. The lowest BCUT2D eigenvalue weighted by molar-refractivity contribution is -0.133. The van der Waals surface area contributed by atoms with Gasteiger partial charge in [-0.3, -0.25) is 4.79 Å². The van der Waals surface area contributed by atoms with Crippen LogP contribution in [0.4, 0.5) is 10.5 Å². The molecule has 2 aliphatic heterocycles. The third-order valence-corrected chi connectivity index (χ3v) is 8.59. The molecule has 2 heterocycles. The first-order valence-electron chi connectivity index (χ1n) is 11.7. The second-order valence-electron chi connectivity index (χ2n) is 9.12. The number of piperazine rings is 1. The number of urea groups is 1. The highest BCUT2D eigenvalue weighted by Gasteiger charge is 2.43. The first-order valence-corrected chi connectivity index (χ1v) is 13.1. The number of hydrogen-bond acceptors (Lipinski definition) is 5. The number of nitrogens with zero attached hydrogens (tertiary/aromatic N) is 3. The molecule has 35 heavy (non-hydrogen) atoms. The number of hydrogen-bond donors (Lipinski definition) is 1. The van der Waals surface area contributed by atoms with Gasteiger partial charge in [-0.1, -0.05) is 48.5 Å². The fourth-order valence-corrected chi connectivity index (χ4v) is 6.42. The van der Waals surface area contributed by atoms with Crippen molar-refractivity contribution in [2.24, 2.45) is 0 Å². The molecule has 0 radical (unpaired) electrons. The van der Waals surface area contributed by atoms with Crippen LogP contribution in [-0.2, 0) is 14.8 Å². The number of sulfonamides is 1. The molecule has 3 aromatic rings. The predicted molar refractivity (Wildman–Crippen MR) is 135 cm³/mol. The van der Waals surface area contributed by atoms with E-state index in [1.54, 1.807) is 23.1 Å². The maximum atomic E-state index is 13.4. The number of nitrogens with one attached hydrogen (secondary N) is 1.